The number of ether oxygens (including phenoxy) is 1. The molecule has 1 N–H and O–H groups in total. The third kappa shape index (κ3) is 3.86. The van der Waals surface area contributed by atoms with Gasteiger partial charge in [0.25, 0.3) is 5.91 Å². The molecule has 0 aliphatic heterocycles. The second kappa shape index (κ2) is 8.38. The summed E-state index contributed by atoms with van der Waals surface area (Å²) < 4.78 is 6.27. The number of esters is 1. The Bertz CT molecular complexity index is 1220. The van der Waals surface area contributed by atoms with Crippen LogP contribution in [0.15, 0.2) is 48.5 Å². The quantitative estimate of drug-likeness (QED) is 0.386. The van der Waals surface area contributed by atoms with Crippen LogP contribution in [-0.2, 0) is 4.74 Å². The molecule has 0 aliphatic rings. The Kier molecular flexibility index (Phi) is 5.65. The molecule has 0 unspecified atom stereocenters. The zero-order valence-corrected chi connectivity index (χ0v) is 18.4. The lowest BCUT2D eigenvalue weighted by Crippen LogP contribution is -2.11. The SMILES string of the molecule is CCOC(=O)c1sc(NC(=O)c2cccc(C)c2)c(-c2nc3ccccc3s2)c1C. The number of aryl methyl sites for hydroxylation is 1. The summed E-state index contributed by atoms with van der Waals surface area (Å²) in [6, 6.07) is 15.3. The van der Waals surface area contributed by atoms with Crippen molar-refractivity contribution in [2.45, 2.75) is 20.8 Å². The van der Waals surface area contributed by atoms with Gasteiger partial charge in [-0.25, -0.2) is 9.78 Å². The van der Waals surface area contributed by atoms with Crippen LogP contribution < -0.4 is 5.32 Å². The number of hydrogen-bond acceptors (Lipinski definition) is 6. The van der Waals surface area contributed by atoms with Crippen molar-refractivity contribution in [3.05, 3.63) is 70.1 Å². The average Bonchev–Trinajstić information content (AvgIpc) is 3.28. The summed E-state index contributed by atoms with van der Waals surface area (Å²) in [4.78, 5) is 30.6. The topological polar surface area (TPSA) is 68.3 Å². The van der Waals surface area contributed by atoms with Gasteiger partial charge in [0.2, 0.25) is 0 Å². The molecule has 0 aliphatic carbocycles. The fraction of sp³-hybridized carbons (Fsp3) is 0.174. The van der Waals surface area contributed by atoms with E-state index in [1.807, 2.05) is 56.3 Å². The molecule has 0 saturated carbocycles. The first-order valence-electron chi connectivity index (χ1n) is 9.52. The number of amides is 1. The Balaban J connectivity index is 1.80. The monoisotopic (exact) mass is 436 g/mol. The molecule has 2 aromatic heterocycles. The normalized spacial score (nSPS) is 10.9. The molecule has 0 spiro atoms. The van der Waals surface area contributed by atoms with E-state index >= 15 is 0 Å². The number of nitrogens with one attached hydrogen (secondary N) is 1. The van der Waals surface area contributed by atoms with Gasteiger partial charge in [0.15, 0.2) is 0 Å². The Morgan fingerprint density at radius 3 is 2.60 bits per heavy atom. The summed E-state index contributed by atoms with van der Waals surface area (Å²) >= 11 is 2.76. The second-order valence-corrected chi connectivity index (χ2v) is 8.84. The maximum Gasteiger partial charge on any atom is 0.348 e. The van der Waals surface area contributed by atoms with E-state index in [2.05, 4.69) is 5.32 Å². The van der Waals surface area contributed by atoms with Crippen LogP contribution in [-0.4, -0.2) is 23.5 Å². The minimum atomic E-state index is -0.390. The first-order chi connectivity index (χ1) is 14.5. The molecule has 7 heteroatoms. The van der Waals surface area contributed by atoms with Crippen molar-refractivity contribution in [1.29, 1.82) is 0 Å². The molecule has 0 saturated heterocycles. The molecule has 30 heavy (non-hydrogen) atoms. The molecule has 4 aromatic rings. The number of aromatic nitrogens is 1. The third-order valence-electron chi connectivity index (χ3n) is 4.62. The standard InChI is InChI=1S/C23H20N2O3S2/c1-4-28-23(27)19-14(3)18(21-24-16-10-5-6-11-17(16)29-21)22(30-19)25-20(26)15-9-7-8-13(2)12-15/h5-12H,4H2,1-3H3,(H,25,26). The van der Waals surface area contributed by atoms with Crippen LogP contribution in [0.3, 0.4) is 0 Å². The Morgan fingerprint density at radius 2 is 1.87 bits per heavy atom. The van der Waals surface area contributed by atoms with Crippen molar-refractivity contribution in [3.63, 3.8) is 0 Å². The molecular formula is C23H20N2O3S2. The summed E-state index contributed by atoms with van der Waals surface area (Å²) in [6.45, 7) is 5.87. The summed E-state index contributed by atoms with van der Waals surface area (Å²) in [7, 11) is 0. The van der Waals surface area contributed by atoms with Crippen LogP contribution in [0.4, 0.5) is 5.00 Å². The molecular weight excluding hydrogens is 416 g/mol. The minimum absolute atomic E-state index is 0.224. The van der Waals surface area contributed by atoms with E-state index in [0.29, 0.717) is 15.4 Å². The summed E-state index contributed by atoms with van der Waals surface area (Å²) in [5.41, 5.74) is 3.98. The van der Waals surface area contributed by atoms with Gasteiger partial charge in [-0.05, 0) is 50.6 Å². The fourth-order valence-electron chi connectivity index (χ4n) is 3.19. The van der Waals surface area contributed by atoms with Crippen molar-refractivity contribution >= 4 is 49.8 Å². The van der Waals surface area contributed by atoms with Crippen molar-refractivity contribution in [3.8, 4) is 10.6 Å². The van der Waals surface area contributed by atoms with Gasteiger partial charge in [0, 0.05) is 11.1 Å². The van der Waals surface area contributed by atoms with Gasteiger partial charge >= 0.3 is 5.97 Å². The lowest BCUT2D eigenvalue weighted by atomic mass is 10.1. The van der Waals surface area contributed by atoms with Gasteiger partial charge in [-0.2, -0.15) is 0 Å². The number of fused-ring (bicyclic) bond motifs is 1. The maximum atomic E-state index is 12.9. The summed E-state index contributed by atoms with van der Waals surface area (Å²) in [5, 5.41) is 4.36. The summed E-state index contributed by atoms with van der Waals surface area (Å²) in [6.07, 6.45) is 0. The molecule has 0 bridgehead atoms. The molecule has 0 fully saturated rings. The van der Waals surface area contributed by atoms with Crippen LogP contribution >= 0.6 is 22.7 Å². The highest BCUT2D eigenvalue weighted by molar-refractivity contribution is 7.23. The molecule has 1 amide bonds. The smallest absolute Gasteiger partial charge is 0.348 e. The fourth-order valence-corrected chi connectivity index (χ4v) is 5.43. The van der Waals surface area contributed by atoms with Crippen LogP contribution in [0.1, 0.15) is 38.1 Å². The lowest BCUT2D eigenvalue weighted by Gasteiger charge is -2.06. The highest BCUT2D eigenvalue weighted by Crippen LogP contribution is 2.43. The van der Waals surface area contributed by atoms with Crippen molar-refractivity contribution in [2.75, 3.05) is 11.9 Å². The van der Waals surface area contributed by atoms with Gasteiger partial charge in [-0.1, -0.05) is 29.8 Å². The number of thiophene rings is 1. The number of hydrogen-bond donors (Lipinski definition) is 1. The highest BCUT2D eigenvalue weighted by atomic mass is 32.1. The maximum absolute atomic E-state index is 12.9. The molecule has 4 rings (SSSR count). The minimum Gasteiger partial charge on any atom is -0.462 e. The molecule has 0 atom stereocenters. The number of para-hydroxylation sites is 1. The third-order valence-corrected chi connectivity index (χ3v) is 6.86. The number of carbonyl (C=O) groups is 2. The van der Waals surface area contributed by atoms with Gasteiger partial charge in [-0.3, -0.25) is 4.79 Å². The van der Waals surface area contributed by atoms with Crippen LogP contribution in [0.25, 0.3) is 20.8 Å². The van der Waals surface area contributed by atoms with Crippen molar-refractivity contribution in [1.82, 2.24) is 4.98 Å². The van der Waals surface area contributed by atoms with Crippen LogP contribution in [0, 0.1) is 13.8 Å². The van der Waals surface area contributed by atoms with Gasteiger partial charge in [-0.15, -0.1) is 22.7 Å². The van der Waals surface area contributed by atoms with Crippen molar-refractivity contribution < 1.29 is 14.3 Å². The molecule has 152 valence electrons. The zero-order chi connectivity index (χ0) is 21.3. The second-order valence-electron chi connectivity index (χ2n) is 6.79. The average molecular weight is 437 g/mol. The predicted molar refractivity (Wildman–Crippen MR) is 123 cm³/mol. The number of rotatable bonds is 5. The molecule has 5 nitrogen and oxygen atoms in total. The number of anilines is 1. The highest BCUT2D eigenvalue weighted by Gasteiger charge is 2.25. The molecule has 2 heterocycles. The van der Waals surface area contributed by atoms with Gasteiger partial charge in [0.05, 0.1) is 16.8 Å². The molecule has 0 radical (unpaired) electrons. The van der Waals surface area contributed by atoms with E-state index in [9.17, 15) is 9.59 Å². The van der Waals surface area contributed by atoms with Crippen LogP contribution in [0.5, 0.6) is 0 Å². The van der Waals surface area contributed by atoms with E-state index in [4.69, 9.17) is 9.72 Å². The Morgan fingerprint density at radius 1 is 1.07 bits per heavy atom. The van der Waals surface area contributed by atoms with Gasteiger partial charge in [0.1, 0.15) is 14.9 Å². The van der Waals surface area contributed by atoms with E-state index < -0.39 is 5.97 Å². The van der Waals surface area contributed by atoms with E-state index in [1.165, 1.54) is 22.7 Å². The zero-order valence-electron chi connectivity index (χ0n) is 16.8. The first kappa shape index (κ1) is 20.3. The first-order valence-corrected chi connectivity index (χ1v) is 11.2. The number of thiazole rings is 1. The van der Waals surface area contributed by atoms with Gasteiger partial charge < -0.3 is 10.1 Å². The molecule has 2 aromatic carbocycles. The largest absolute Gasteiger partial charge is 0.462 e. The van der Waals surface area contributed by atoms with Crippen molar-refractivity contribution in [2.24, 2.45) is 0 Å². The van der Waals surface area contributed by atoms with Crippen LogP contribution in [0.2, 0.25) is 0 Å². The van der Waals surface area contributed by atoms with E-state index in [1.54, 1.807) is 13.0 Å². The summed E-state index contributed by atoms with van der Waals surface area (Å²) in [5.74, 6) is -0.615. The Hall–Kier alpha value is -3.03. The lowest BCUT2D eigenvalue weighted by molar-refractivity contribution is 0.0531. The van der Waals surface area contributed by atoms with E-state index in [-0.39, 0.29) is 12.5 Å². The number of carbonyl (C=O) groups excluding carboxylic acids is 2. The Labute approximate surface area is 182 Å². The number of benzene rings is 2. The number of nitrogens with zero attached hydrogens (tertiary/aromatic N) is 1. The predicted octanol–water partition coefficient (Wildman–Crippen LogP) is 6.07. The van der Waals surface area contributed by atoms with E-state index in [0.717, 1.165) is 31.9 Å².